The maximum atomic E-state index is 10.7. The van der Waals surface area contributed by atoms with Crippen molar-refractivity contribution in [3.63, 3.8) is 0 Å². The molecule has 0 aromatic carbocycles. The second-order valence-electron chi connectivity index (χ2n) is 3.24. The van der Waals surface area contributed by atoms with Gasteiger partial charge in [0.25, 0.3) is 0 Å². The largest absolute Gasteiger partial charge is 0.457 e. The highest BCUT2D eigenvalue weighted by Gasteiger charge is 2.43. The molecule has 6 heteroatoms. The molecule has 0 radical (unpaired) electrons. The molecule has 1 heterocycles. The number of esters is 1. The third kappa shape index (κ3) is 2.56. The molecule has 0 aromatic rings. The minimum Gasteiger partial charge on any atom is -0.457 e. The fraction of sp³-hybridized carbons (Fsp3) is 0.875. The van der Waals surface area contributed by atoms with Crippen molar-refractivity contribution in [1.29, 1.82) is 0 Å². The van der Waals surface area contributed by atoms with Gasteiger partial charge in [0.05, 0.1) is 10.0 Å². The van der Waals surface area contributed by atoms with Crippen LogP contribution < -0.4 is 0 Å². The summed E-state index contributed by atoms with van der Waals surface area (Å²) in [6.07, 6.45) is -3.14. The molecule has 0 spiro atoms. The predicted octanol–water partition coefficient (Wildman–Crippen LogP) is -0.180. The Labute approximate surface area is 95.5 Å². The molecule has 1 rings (SSSR count). The summed E-state index contributed by atoms with van der Waals surface area (Å²) < 4.78 is 9.51. The van der Waals surface area contributed by atoms with Gasteiger partial charge in [0.1, 0.15) is 6.10 Å². The Kier molecular flexibility index (Phi) is 4.11. The van der Waals surface area contributed by atoms with Crippen LogP contribution in [0.4, 0.5) is 0 Å². The van der Waals surface area contributed by atoms with Crippen molar-refractivity contribution in [2.45, 2.75) is 42.4 Å². The first-order valence-corrected chi connectivity index (χ1v) is 5.51. The number of hydrogen-bond acceptors (Lipinski definition) is 5. The number of alkyl halides is 1. The molecule has 0 amide bonds. The molecule has 5 nitrogen and oxygen atoms in total. The molecule has 5 atom stereocenters. The number of rotatable bonds is 1. The van der Waals surface area contributed by atoms with Crippen LogP contribution in [0.1, 0.15) is 13.8 Å². The van der Waals surface area contributed by atoms with Gasteiger partial charge in [-0.2, -0.15) is 0 Å². The number of carbonyl (C=O) groups excluding carboxylic acids is 1. The first-order valence-electron chi connectivity index (χ1n) is 4.26. The number of ether oxygens (including phenoxy) is 2. The second-order valence-corrected chi connectivity index (χ2v) is 4.68. The van der Waals surface area contributed by atoms with E-state index in [9.17, 15) is 15.0 Å². The van der Waals surface area contributed by atoms with E-state index in [0.717, 1.165) is 0 Å². The summed E-state index contributed by atoms with van der Waals surface area (Å²) in [5, 5.41) is 19.0. The maximum Gasteiger partial charge on any atom is 0.303 e. The van der Waals surface area contributed by atoms with Crippen molar-refractivity contribution in [3.8, 4) is 0 Å². The molecule has 1 saturated heterocycles. The van der Waals surface area contributed by atoms with E-state index in [0.29, 0.717) is 0 Å². The zero-order valence-electron chi connectivity index (χ0n) is 7.88. The Balaban J connectivity index is 2.68. The molecule has 0 aliphatic carbocycles. The summed E-state index contributed by atoms with van der Waals surface area (Å²) in [5.41, 5.74) is 0. The van der Waals surface area contributed by atoms with Crippen molar-refractivity contribution in [3.05, 3.63) is 0 Å². The number of aliphatic hydroxyl groups is 2. The standard InChI is InChI=1S/C8H13IO5/c1-3-7(14-4(2)10)6(11)5(9)8(12)13-3/h3,5-8,11-12H,1-2H3/t3-,5+,6-,7-,8+/m1/s1. The van der Waals surface area contributed by atoms with E-state index < -0.39 is 34.5 Å². The van der Waals surface area contributed by atoms with E-state index in [-0.39, 0.29) is 0 Å². The van der Waals surface area contributed by atoms with Gasteiger partial charge >= 0.3 is 5.97 Å². The Morgan fingerprint density at radius 1 is 1.50 bits per heavy atom. The lowest BCUT2D eigenvalue weighted by Gasteiger charge is -2.38. The van der Waals surface area contributed by atoms with E-state index in [1.807, 2.05) is 22.6 Å². The van der Waals surface area contributed by atoms with Crippen molar-refractivity contribution < 1.29 is 24.5 Å². The minimum atomic E-state index is -1.02. The zero-order chi connectivity index (χ0) is 10.9. The molecule has 2 N–H and O–H groups in total. The lowest BCUT2D eigenvalue weighted by atomic mass is 10.0. The number of carbonyl (C=O) groups is 1. The normalized spacial score (nSPS) is 43.4. The third-order valence-electron chi connectivity index (χ3n) is 2.05. The maximum absolute atomic E-state index is 10.7. The van der Waals surface area contributed by atoms with E-state index in [1.54, 1.807) is 6.92 Å². The van der Waals surface area contributed by atoms with E-state index >= 15 is 0 Å². The van der Waals surface area contributed by atoms with Crippen LogP contribution in [0.2, 0.25) is 0 Å². The molecule has 82 valence electrons. The number of aliphatic hydroxyl groups excluding tert-OH is 2. The van der Waals surface area contributed by atoms with Crippen LogP contribution in [0.25, 0.3) is 0 Å². The predicted molar refractivity (Wildman–Crippen MR) is 55.9 cm³/mol. The van der Waals surface area contributed by atoms with Gasteiger partial charge in [-0.05, 0) is 6.92 Å². The Bertz CT molecular complexity index is 222. The van der Waals surface area contributed by atoms with Crippen LogP contribution in [0.3, 0.4) is 0 Å². The van der Waals surface area contributed by atoms with Gasteiger partial charge in [-0.15, -0.1) is 0 Å². The molecule has 1 aliphatic heterocycles. The van der Waals surface area contributed by atoms with Crippen LogP contribution in [0.15, 0.2) is 0 Å². The molecule has 1 aliphatic rings. The van der Waals surface area contributed by atoms with Gasteiger partial charge in [-0.25, -0.2) is 0 Å². The molecule has 14 heavy (non-hydrogen) atoms. The summed E-state index contributed by atoms with van der Waals surface area (Å²) in [4.78, 5) is 10.7. The molecular weight excluding hydrogens is 303 g/mol. The average Bonchev–Trinajstić information content (AvgIpc) is 2.09. The smallest absolute Gasteiger partial charge is 0.303 e. The first kappa shape index (κ1) is 12.2. The van der Waals surface area contributed by atoms with Gasteiger partial charge in [-0.3, -0.25) is 4.79 Å². The van der Waals surface area contributed by atoms with Gasteiger partial charge in [0, 0.05) is 6.92 Å². The van der Waals surface area contributed by atoms with Crippen molar-refractivity contribution in [1.82, 2.24) is 0 Å². The van der Waals surface area contributed by atoms with Gasteiger partial charge in [0.15, 0.2) is 12.4 Å². The quantitative estimate of drug-likeness (QED) is 0.399. The van der Waals surface area contributed by atoms with Crippen LogP contribution in [0, 0.1) is 0 Å². The summed E-state index contributed by atoms with van der Waals surface area (Å²) in [6, 6.07) is 0. The SMILES string of the molecule is CC(=O)O[C@H]1[C@H](O)[C@H](I)[C@@H](O)O[C@@H]1C. The lowest BCUT2D eigenvalue weighted by molar-refractivity contribution is -0.228. The van der Waals surface area contributed by atoms with Gasteiger partial charge in [0.2, 0.25) is 0 Å². The van der Waals surface area contributed by atoms with E-state index in [2.05, 4.69) is 0 Å². The highest BCUT2D eigenvalue weighted by atomic mass is 127. The molecule has 0 bridgehead atoms. The molecule has 0 saturated carbocycles. The zero-order valence-corrected chi connectivity index (χ0v) is 10.0. The van der Waals surface area contributed by atoms with E-state index in [1.165, 1.54) is 6.92 Å². The Morgan fingerprint density at radius 2 is 2.07 bits per heavy atom. The molecule has 1 fully saturated rings. The Morgan fingerprint density at radius 3 is 2.57 bits per heavy atom. The van der Waals surface area contributed by atoms with E-state index in [4.69, 9.17) is 9.47 Å². The highest BCUT2D eigenvalue weighted by Crippen LogP contribution is 2.27. The first-order chi connectivity index (χ1) is 6.43. The number of hydrogen-bond donors (Lipinski definition) is 2. The van der Waals surface area contributed by atoms with Crippen LogP contribution in [-0.2, 0) is 14.3 Å². The lowest BCUT2D eigenvalue weighted by Crippen LogP contribution is -2.55. The van der Waals surface area contributed by atoms with Crippen LogP contribution >= 0.6 is 22.6 Å². The summed E-state index contributed by atoms with van der Waals surface area (Å²) in [5.74, 6) is -0.468. The second kappa shape index (κ2) is 4.73. The summed E-state index contributed by atoms with van der Waals surface area (Å²) in [6.45, 7) is 2.91. The Hall–Kier alpha value is 0.0800. The third-order valence-corrected chi connectivity index (χ3v) is 3.41. The fourth-order valence-corrected chi connectivity index (χ4v) is 1.94. The van der Waals surface area contributed by atoms with Crippen molar-refractivity contribution in [2.75, 3.05) is 0 Å². The topological polar surface area (TPSA) is 76.0 Å². The number of halogens is 1. The molecule has 0 unspecified atom stereocenters. The summed E-state index contributed by atoms with van der Waals surface area (Å²) >= 11 is 1.86. The minimum absolute atomic E-state index is 0.468. The summed E-state index contributed by atoms with van der Waals surface area (Å²) in [7, 11) is 0. The monoisotopic (exact) mass is 316 g/mol. The van der Waals surface area contributed by atoms with Crippen molar-refractivity contribution >= 4 is 28.6 Å². The van der Waals surface area contributed by atoms with Crippen molar-refractivity contribution in [2.24, 2.45) is 0 Å². The molecule has 0 aromatic heterocycles. The fourth-order valence-electron chi connectivity index (χ4n) is 1.36. The van der Waals surface area contributed by atoms with Crippen LogP contribution in [-0.4, -0.2) is 44.7 Å². The highest BCUT2D eigenvalue weighted by molar-refractivity contribution is 14.1. The van der Waals surface area contributed by atoms with Gasteiger partial charge in [-0.1, -0.05) is 22.6 Å². The average molecular weight is 316 g/mol. The van der Waals surface area contributed by atoms with Gasteiger partial charge < -0.3 is 19.7 Å². The molecular formula is C8H13IO5. The van der Waals surface area contributed by atoms with Crippen LogP contribution in [0.5, 0.6) is 0 Å².